The first-order valence-electron chi connectivity index (χ1n) is 5.70. The molecule has 1 unspecified atom stereocenters. The second-order valence-corrected chi connectivity index (χ2v) is 4.45. The summed E-state index contributed by atoms with van der Waals surface area (Å²) in [6.45, 7) is 4.50. The fourth-order valence-corrected chi connectivity index (χ4v) is 1.58. The molecule has 0 saturated heterocycles. The van der Waals surface area contributed by atoms with Gasteiger partial charge in [0.15, 0.2) is 11.9 Å². The predicted molar refractivity (Wildman–Crippen MR) is 69.9 cm³/mol. The van der Waals surface area contributed by atoms with Gasteiger partial charge in [0, 0.05) is 12.7 Å². The van der Waals surface area contributed by atoms with Crippen LogP contribution in [0.15, 0.2) is 22.9 Å². The van der Waals surface area contributed by atoms with Gasteiger partial charge in [-0.2, -0.15) is 0 Å². The van der Waals surface area contributed by atoms with Gasteiger partial charge in [0.1, 0.15) is 4.60 Å². The number of rotatable bonds is 6. The fraction of sp³-hybridized carbons (Fsp3) is 0.500. The Balaban J connectivity index is 2.46. The molecule has 4 nitrogen and oxygen atoms in total. The van der Waals surface area contributed by atoms with Crippen molar-refractivity contribution in [3.63, 3.8) is 0 Å². The number of carbonyl (C=O) groups is 1. The molecular formula is C12H17BrN2O2. The van der Waals surface area contributed by atoms with E-state index >= 15 is 0 Å². The van der Waals surface area contributed by atoms with Crippen molar-refractivity contribution in [2.24, 2.45) is 0 Å². The number of unbranched alkanes of at least 4 members (excludes halogenated alkanes) is 1. The van der Waals surface area contributed by atoms with Crippen LogP contribution in [-0.2, 0) is 4.79 Å². The predicted octanol–water partition coefficient (Wildman–Crippen LogP) is 2.53. The SMILES string of the molecule is CCCCNC(=O)C(C)Oc1cccnc1Br. The van der Waals surface area contributed by atoms with E-state index in [1.807, 2.05) is 0 Å². The van der Waals surface area contributed by atoms with E-state index in [9.17, 15) is 4.79 Å². The lowest BCUT2D eigenvalue weighted by Crippen LogP contribution is -2.36. The summed E-state index contributed by atoms with van der Waals surface area (Å²) in [7, 11) is 0. The van der Waals surface area contributed by atoms with Gasteiger partial charge in [0.25, 0.3) is 5.91 Å². The summed E-state index contributed by atoms with van der Waals surface area (Å²) in [6, 6.07) is 3.54. The molecule has 1 heterocycles. The molecule has 0 saturated carbocycles. The molecule has 0 aromatic carbocycles. The van der Waals surface area contributed by atoms with Gasteiger partial charge in [-0.15, -0.1) is 0 Å². The summed E-state index contributed by atoms with van der Waals surface area (Å²) in [5.74, 6) is 0.472. The highest BCUT2D eigenvalue weighted by Crippen LogP contribution is 2.22. The third kappa shape index (κ3) is 4.73. The Morgan fingerprint density at radius 1 is 1.65 bits per heavy atom. The maximum atomic E-state index is 11.7. The minimum Gasteiger partial charge on any atom is -0.478 e. The van der Waals surface area contributed by atoms with Crippen molar-refractivity contribution in [1.82, 2.24) is 10.3 Å². The Bertz CT molecular complexity index is 371. The Morgan fingerprint density at radius 3 is 3.06 bits per heavy atom. The van der Waals surface area contributed by atoms with E-state index in [-0.39, 0.29) is 5.91 Å². The highest BCUT2D eigenvalue weighted by Gasteiger charge is 2.15. The molecule has 0 aliphatic rings. The van der Waals surface area contributed by atoms with Crippen molar-refractivity contribution in [2.75, 3.05) is 6.54 Å². The number of carbonyl (C=O) groups excluding carboxylic acids is 1. The highest BCUT2D eigenvalue weighted by atomic mass is 79.9. The maximum Gasteiger partial charge on any atom is 0.260 e. The average Bonchev–Trinajstić information content (AvgIpc) is 2.32. The Hall–Kier alpha value is -1.10. The second-order valence-electron chi connectivity index (χ2n) is 3.70. The number of ether oxygens (including phenoxy) is 1. The van der Waals surface area contributed by atoms with Crippen LogP contribution in [-0.4, -0.2) is 23.5 Å². The summed E-state index contributed by atoms with van der Waals surface area (Å²) in [5.41, 5.74) is 0. The lowest BCUT2D eigenvalue weighted by atomic mass is 10.3. The van der Waals surface area contributed by atoms with E-state index < -0.39 is 6.10 Å². The summed E-state index contributed by atoms with van der Waals surface area (Å²) in [4.78, 5) is 15.7. The van der Waals surface area contributed by atoms with Crippen LogP contribution in [0.1, 0.15) is 26.7 Å². The van der Waals surface area contributed by atoms with E-state index in [0.717, 1.165) is 12.8 Å². The van der Waals surface area contributed by atoms with Crippen LogP contribution in [0.4, 0.5) is 0 Å². The molecule has 1 atom stereocenters. The van der Waals surface area contributed by atoms with Crippen LogP contribution in [0, 0.1) is 0 Å². The lowest BCUT2D eigenvalue weighted by molar-refractivity contribution is -0.127. The molecule has 1 rings (SSSR count). The smallest absolute Gasteiger partial charge is 0.260 e. The molecule has 0 aliphatic heterocycles. The molecule has 17 heavy (non-hydrogen) atoms. The molecule has 0 radical (unpaired) electrons. The Labute approximate surface area is 110 Å². The average molecular weight is 301 g/mol. The van der Waals surface area contributed by atoms with Gasteiger partial charge in [0.2, 0.25) is 0 Å². The number of nitrogens with zero attached hydrogens (tertiary/aromatic N) is 1. The molecular weight excluding hydrogens is 284 g/mol. The van der Waals surface area contributed by atoms with Gasteiger partial charge in [-0.3, -0.25) is 4.79 Å². The van der Waals surface area contributed by atoms with Gasteiger partial charge in [0.05, 0.1) is 0 Å². The third-order valence-corrected chi connectivity index (χ3v) is 2.82. The topological polar surface area (TPSA) is 51.2 Å². The zero-order valence-corrected chi connectivity index (χ0v) is 11.7. The number of hydrogen-bond acceptors (Lipinski definition) is 3. The number of halogens is 1. The summed E-state index contributed by atoms with van der Waals surface area (Å²) >= 11 is 3.27. The minimum absolute atomic E-state index is 0.103. The van der Waals surface area contributed by atoms with Crippen LogP contribution in [0.5, 0.6) is 5.75 Å². The van der Waals surface area contributed by atoms with E-state index in [0.29, 0.717) is 16.9 Å². The first-order valence-corrected chi connectivity index (χ1v) is 6.49. The van der Waals surface area contributed by atoms with E-state index in [1.54, 1.807) is 25.3 Å². The summed E-state index contributed by atoms with van der Waals surface area (Å²) in [6.07, 6.45) is 3.18. The summed E-state index contributed by atoms with van der Waals surface area (Å²) in [5, 5.41) is 2.82. The highest BCUT2D eigenvalue weighted by molar-refractivity contribution is 9.10. The van der Waals surface area contributed by atoms with Crippen LogP contribution in [0.3, 0.4) is 0 Å². The van der Waals surface area contributed by atoms with E-state index in [2.05, 4.69) is 33.2 Å². The van der Waals surface area contributed by atoms with Crippen molar-refractivity contribution in [1.29, 1.82) is 0 Å². The number of amides is 1. The Kier molecular flexibility index (Phi) is 5.97. The number of nitrogens with one attached hydrogen (secondary N) is 1. The first kappa shape index (κ1) is 14.0. The molecule has 0 fully saturated rings. The molecule has 1 N–H and O–H groups in total. The standard InChI is InChI=1S/C12H17BrN2O2/c1-3-4-7-15-12(16)9(2)17-10-6-5-8-14-11(10)13/h5-6,8-9H,3-4,7H2,1-2H3,(H,15,16). The van der Waals surface area contributed by atoms with E-state index in [4.69, 9.17) is 4.74 Å². The van der Waals surface area contributed by atoms with Gasteiger partial charge in [-0.05, 0) is 41.4 Å². The van der Waals surface area contributed by atoms with Crippen LogP contribution >= 0.6 is 15.9 Å². The quantitative estimate of drug-likeness (QED) is 0.649. The largest absolute Gasteiger partial charge is 0.478 e. The second kappa shape index (κ2) is 7.27. The summed E-state index contributed by atoms with van der Waals surface area (Å²) < 4.78 is 6.12. The monoisotopic (exact) mass is 300 g/mol. The zero-order valence-electron chi connectivity index (χ0n) is 10.1. The molecule has 1 amide bonds. The zero-order chi connectivity index (χ0) is 12.7. The molecule has 0 aliphatic carbocycles. The van der Waals surface area contributed by atoms with Crippen LogP contribution in [0.2, 0.25) is 0 Å². The van der Waals surface area contributed by atoms with Crippen molar-refractivity contribution in [3.8, 4) is 5.75 Å². The normalized spacial score (nSPS) is 11.9. The fourth-order valence-electron chi connectivity index (χ4n) is 1.24. The van der Waals surface area contributed by atoms with Gasteiger partial charge in [-0.1, -0.05) is 13.3 Å². The number of aromatic nitrogens is 1. The number of pyridine rings is 1. The van der Waals surface area contributed by atoms with Crippen molar-refractivity contribution < 1.29 is 9.53 Å². The van der Waals surface area contributed by atoms with Crippen molar-refractivity contribution >= 4 is 21.8 Å². The molecule has 0 bridgehead atoms. The Morgan fingerprint density at radius 2 is 2.41 bits per heavy atom. The third-order valence-electron chi connectivity index (χ3n) is 2.23. The first-order chi connectivity index (χ1) is 8.15. The molecule has 0 spiro atoms. The number of hydrogen-bond donors (Lipinski definition) is 1. The molecule has 1 aromatic heterocycles. The molecule has 5 heteroatoms. The van der Waals surface area contributed by atoms with Crippen LogP contribution < -0.4 is 10.1 Å². The molecule has 94 valence electrons. The maximum absolute atomic E-state index is 11.7. The minimum atomic E-state index is -0.521. The van der Waals surface area contributed by atoms with Crippen LogP contribution in [0.25, 0.3) is 0 Å². The molecule has 1 aromatic rings. The van der Waals surface area contributed by atoms with E-state index in [1.165, 1.54) is 0 Å². The van der Waals surface area contributed by atoms with Crippen molar-refractivity contribution in [3.05, 3.63) is 22.9 Å². The van der Waals surface area contributed by atoms with Gasteiger partial charge < -0.3 is 10.1 Å². The van der Waals surface area contributed by atoms with Crippen molar-refractivity contribution in [2.45, 2.75) is 32.8 Å². The van der Waals surface area contributed by atoms with Gasteiger partial charge >= 0.3 is 0 Å². The lowest BCUT2D eigenvalue weighted by Gasteiger charge is -2.15. The van der Waals surface area contributed by atoms with Gasteiger partial charge in [-0.25, -0.2) is 4.98 Å².